The second-order valence-corrected chi connectivity index (χ2v) is 7.31. The summed E-state index contributed by atoms with van der Waals surface area (Å²) in [7, 11) is 0. The van der Waals surface area contributed by atoms with Gasteiger partial charge in [-0.15, -0.1) is 5.10 Å². The zero-order valence-electron chi connectivity index (χ0n) is 16.0. The van der Waals surface area contributed by atoms with Gasteiger partial charge in [0.15, 0.2) is 5.69 Å². The number of hydrogen-bond acceptors (Lipinski definition) is 6. The van der Waals surface area contributed by atoms with Crippen LogP contribution in [0.1, 0.15) is 21.6 Å². The van der Waals surface area contributed by atoms with E-state index in [1.165, 1.54) is 11.5 Å². The molecule has 4 rings (SSSR count). The van der Waals surface area contributed by atoms with E-state index < -0.39 is 23.3 Å². The van der Waals surface area contributed by atoms with Crippen molar-refractivity contribution in [2.24, 2.45) is 0 Å². The average molecular weight is 441 g/mol. The molecule has 0 atom stereocenters. The van der Waals surface area contributed by atoms with Crippen molar-refractivity contribution in [3.63, 3.8) is 0 Å². The lowest BCUT2D eigenvalue weighted by atomic mass is 9.99. The molecule has 3 heterocycles. The highest BCUT2D eigenvalue weighted by Crippen LogP contribution is 2.30. The number of amides is 1. The molecule has 0 aliphatic carbocycles. The molecule has 10 heteroatoms. The Morgan fingerprint density at radius 2 is 1.90 bits per heavy atom. The Morgan fingerprint density at radius 3 is 2.65 bits per heavy atom. The van der Waals surface area contributed by atoms with E-state index in [-0.39, 0.29) is 0 Å². The lowest BCUT2D eigenvalue weighted by molar-refractivity contribution is -0.137. The Morgan fingerprint density at radius 1 is 1.06 bits per heavy atom. The molecule has 0 fully saturated rings. The topological polar surface area (TPSA) is 80.7 Å². The summed E-state index contributed by atoms with van der Waals surface area (Å²) < 4.78 is 42.7. The zero-order chi connectivity index (χ0) is 22.0. The molecular weight excluding hydrogens is 427 g/mol. The van der Waals surface area contributed by atoms with Gasteiger partial charge in [-0.2, -0.15) is 18.3 Å². The van der Waals surface area contributed by atoms with Crippen LogP contribution in [0.25, 0.3) is 22.4 Å². The summed E-state index contributed by atoms with van der Waals surface area (Å²) in [5, 5.41) is 11.3. The van der Waals surface area contributed by atoms with E-state index in [1.54, 1.807) is 24.5 Å². The lowest BCUT2D eigenvalue weighted by Crippen LogP contribution is -2.16. The van der Waals surface area contributed by atoms with E-state index in [4.69, 9.17) is 0 Å². The number of aryl methyl sites for hydroxylation is 1. The van der Waals surface area contributed by atoms with Crippen molar-refractivity contribution in [3.8, 4) is 22.4 Å². The second-order valence-electron chi connectivity index (χ2n) is 6.65. The highest BCUT2D eigenvalue weighted by molar-refractivity contribution is 7.03. The summed E-state index contributed by atoms with van der Waals surface area (Å²) in [5.41, 5.74) is 3.30. The summed E-state index contributed by atoms with van der Waals surface area (Å²) in [6, 6.07) is 9.66. The van der Waals surface area contributed by atoms with Crippen molar-refractivity contribution in [3.05, 3.63) is 77.2 Å². The van der Waals surface area contributed by atoms with Crippen molar-refractivity contribution < 1.29 is 18.0 Å². The van der Waals surface area contributed by atoms with Gasteiger partial charge in [0.2, 0.25) is 0 Å². The molecule has 0 radical (unpaired) electrons. The van der Waals surface area contributed by atoms with E-state index in [2.05, 4.69) is 24.9 Å². The number of pyridine rings is 1. The molecule has 0 saturated heterocycles. The zero-order valence-corrected chi connectivity index (χ0v) is 16.8. The quantitative estimate of drug-likeness (QED) is 0.468. The van der Waals surface area contributed by atoms with Crippen LogP contribution in [0.15, 0.2) is 60.4 Å². The largest absolute Gasteiger partial charge is 0.418 e. The predicted octanol–water partition coefficient (Wildman–Crippen LogP) is 5.24. The summed E-state index contributed by atoms with van der Waals surface area (Å²) in [5.74, 6) is -0.784. The smallest absolute Gasteiger partial charge is 0.321 e. The van der Waals surface area contributed by atoms with Crippen LogP contribution in [0, 0.1) is 6.92 Å². The van der Waals surface area contributed by atoms with Gasteiger partial charge in [0.25, 0.3) is 5.91 Å². The fourth-order valence-electron chi connectivity index (χ4n) is 2.93. The molecule has 31 heavy (non-hydrogen) atoms. The Kier molecular flexibility index (Phi) is 5.47. The Balaban J connectivity index is 1.62. The number of aromatic nitrogens is 4. The number of carbonyl (C=O) groups is 1. The number of hydrogen-bond donors (Lipinski definition) is 1. The lowest BCUT2D eigenvalue weighted by Gasteiger charge is -2.12. The predicted molar refractivity (Wildman–Crippen MR) is 111 cm³/mol. The van der Waals surface area contributed by atoms with Crippen molar-refractivity contribution in [2.45, 2.75) is 13.1 Å². The van der Waals surface area contributed by atoms with Gasteiger partial charge in [-0.05, 0) is 65.5 Å². The molecule has 1 amide bonds. The molecule has 3 aromatic heterocycles. The minimum absolute atomic E-state index is 0.417. The fraction of sp³-hybridized carbons (Fsp3) is 0.0952. The van der Waals surface area contributed by atoms with E-state index in [0.717, 1.165) is 27.9 Å². The minimum Gasteiger partial charge on any atom is -0.321 e. The summed E-state index contributed by atoms with van der Waals surface area (Å²) >= 11 is 1.33. The Labute approximate surface area is 179 Å². The van der Waals surface area contributed by atoms with Gasteiger partial charge in [-0.25, -0.2) is 4.37 Å². The van der Waals surface area contributed by atoms with Crippen LogP contribution >= 0.6 is 11.5 Å². The Bertz CT molecular complexity index is 1240. The van der Waals surface area contributed by atoms with Crippen molar-refractivity contribution >= 4 is 23.1 Å². The molecular formula is C21H14F3N5OS. The normalized spacial score (nSPS) is 11.4. The minimum atomic E-state index is -4.61. The average Bonchev–Trinajstić information content (AvgIpc) is 3.30. The first-order valence-electron chi connectivity index (χ1n) is 8.99. The third-order valence-electron chi connectivity index (χ3n) is 4.51. The standard InChI is InChI=1S/C21H14F3N5OS/c1-12-2-3-16(28-20(30)19-7-15(10-26-29-19)21(22,23)24)8-17(12)13-4-5-25-18(6-13)14-9-27-31-11-14/h2-11H,1H3,(H,28,30). The van der Waals surface area contributed by atoms with Gasteiger partial charge in [-0.3, -0.25) is 9.78 Å². The monoisotopic (exact) mass is 441 g/mol. The molecule has 0 unspecified atom stereocenters. The maximum atomic E-state index is 12.9. The molecule has 0 spiro atoms. The highest BCUT2D eigenvalue weighted by atomic mass is 32.1. The van der Waals surface area contributed by atoms with E-state index >= 15 is 0 Å². The van der Waals surface area contributed by atoms with Crippen molar-refractivity contribution in [1.82, 2.24) is 19.6 Å². The summed E-state index contributed by atoms with van der Waals surface area (Å²) in [4.78, 5) is 16.8. The van der Waals surface area contributed by atoms with Gasteiger partial charge in [0, 0.05) is 22.8 Å². The number of nitrogens with zero attached hydrogens (tertiary/aromatic N) is 4. The van der Waals surface area contributed by atoms with Crippen LogP contribution in [0.4, 0.5) is 18.9 Å². The molecule has 6 nitrogen and oxygen atoms in total. The molecule has 0 aliphatic rings. The van der Waals surface area contributed by atoms with Crippen molar-refractivity contribution in [1.29, 1.82) is 0 Å². The number of alkyl halides is 3. The first kappa shape index (κ1) is 20.6. The van der Waals surface area contributed by atoms with E-state index in [1.807, 2.05) is 30.5 Å². The number of anilines is 1. The molecule has 4 aromatic rings. The van der Waals surface area contributed by atoms with Gasteiger partial charge in [0.05, 0.1) is 23.7 Å². The number of halogens is 3. The van der Waals surface area contributed by atoms with E-state index in [0.29, 0.717) is 18.0 Å². The number of carbonyl (C=O) groups excluding carboxylic acids is 1. The van der Waals surface area contributed by atoms with Gasteiger partial charge < -0.3 is 5.32 Å². The van der Waals surface area contributed by atoms with Crippen LogP contribution in [0.2, 0.25) is 0 Å². The van der Waals surface area contributed by atoms with Crippen LogP contribution in [-0.4, -0.2) is 25.5 Å². The maximum absolute atomic E-state index is 12.9. The summed E-state index contributed by atoms with van der Waals surface area (Å²) in [6.45, 7) is 1.92. The number of rotatable bonds is 4. The first-order chi connectivity index (χ1) is 14.8. The van der Waals surface area contributed by atoms with Crippen LogP contribution < -0.4 is 5.32 Å². The molecule has 0 aliphatic heterocycles. The maximum Gasteiger partial charge on any atom is 0.418 e. The molecule has 0 saturated carbocycles. The van der Waals surface area contributed by atoms with Crippen LogP contribution in [-0.2, 0) is 6.18 Å². The third kappa shape index (κ3) is 4.58. The van der Waals surface area contributed by atoms with Gasteiger partial charge in [-0.1, -0.05) is 6.07 Å². The van der Waals surface area contributed by atoms with Crippen LogP contribution in [0.5, 0.6) is 0 Å². The van der Waals surface area contributed by atoms with Crippen LogP contribution in [0.3, 0.4) is 0 Å². The SMILES string of the molecule is Cc1ccc(NC(=O)c2cc(C(F)(F)F)cnn2)cc1-c1ccnc(-c2cnsc2)c1. The summed E-state index contributed by atoms with van der Waals surface area (Å²) in [6.07, 6.45) is -0.620. The van der Waals surface area contributed by atoms with E-state index in [9.17, 15) is 18.0 Å². The number of benzene rings is 1. The fourth-order valence-corrected chi connectivity index (χ4v) is 3.46. The first-order valence-corrected chi connectivity index (χ1v) is 9.83. The second kappa shape index (κ2) is 8.23. The Hall–Kier alpha value is -3.66. The van der Waals surface area contributed by atoms with Gasteiger partial charge in [0.1, 0.15) is 0 Å². The molecule has 156 valence electrons. The van der Waals surface area contributed by atoms with Gasteiger partial charge >= 0.3 is 6.18 Å². The van der Waals surface area contributed by atoms with Crippen molar-refractivity contribution in [2.75, 3.05) is 5.32 Å². The molecule has 1 N–H and O–H groups in total. The third-order valence-corrected chi connectivity index (χ3v) is 5.10. The molecule has 0 bridgehead atoms. The number of nitrogens with one attached hydrogen (secondary N) is 1. The highest BCUT2D eigenvalue weighted by Gasteiger charge is 2.32. The molecule has 1 aromatic carbocycles.